The van der Waals surface area contributed by atoms with Crippen LogP contribution in [0.5, 0.6) is 11.6 Å². The molecule has 1 N–H and O–H groups in total. The molecular formula is C29H34N4O3. The van der Waals surface area contributed by atoms with E-state index in [1.165, 1.54) is 0 Å². The molecular weight excluding hydrogens is 452 g/mol. The normalized spacial score (nSPS) is 11.0. The average molecular weight is 487 g/mol. The molecule has 0 aliphatic rings. The number of rotatable bonds is 10. The molecule has 188 valence electrons. The van der Waals surface area contributed by atoms with Crippen molar-refractivity contribution < 1.29 is 14.3 Å². The predicted molar refractivity (Wildman–Crippen MR) is 142 cm³/mol. The molecule has 7 nitrogen and oxygen atoms in total. The lowest BCUT2D eigenvalue weighted by Gasteiger charge is -2.14. The first-order valence-electron chi connectivity index (χ1n) is 12.5. The number of hydrogen-bond donors (Lipinski definition) is 1. The fourth-order valence-corrected chi connectivity index (χ4v) is 4.42. The second kappa shape index (κ2) is 11.2. The zero-order chi connectivity index (χ0) is 25.7. The predicted octanol–water partition coefficient (Wildman–Crippen LogP) is 5.39. The summed E-state index contributed by atoms with van der Waals surface area (Å²) in [4.78, 5) is 17.6. The quantitative estimate of drug-likeness (QED) is 0.325. The van der Waals surface area contributed by atoms with Gasteiger partial charge < -0.3 is 14.8 Å². The van der Waals surface area contributed by atoms with E-state index in [0.717, 1.165) is 50.4 Å². The Morgan fingerprint density at radius 2 is 1.75 bits per heavy atom. The monoisotopic (exact) mass is 486 g/mol. The summed E-state index contributed by atoms with van der Waals surface area (Å²) in [5.41, 5.74) is 6.82. The molecule has 4 rings (SSSR count). The number of benzene rings is 2. The Morgan fingerprint density at radius 1 is 1.00 bits per heavy atom. The SMILES string of the molecule is CCOc1ccc(CNC(=O)CCc2c(OCC)nc3c(c(C)nn3-c3cccc(C)c3)c2C)cc1. The van der Waals surface area contributed by atoms with Crippen LogP contribution >= 0.6 is 0 Å². The Hall–Kier alpha value is -3.87. The minimum atomic E-state index is -0.0157. The molecule has 0 bridgehead atoms. The lowest BCUT2D eigenvalue weighted by molar-refractivity contribution is -0.121. The van der Waals surface area contributed by atoms with Crippen molar-refractivity contribution in [1.82, 2.24) is 20.1 Å². The second-order valence-electron chi connectivity index (χ2n) is 8.84. The van der Waals surface area contributed by atoms with Gasteiger partial charge in [0.15, 0.2) is 5.65 Å². The van der Waals surface area contributed by atoms with E-state index < -0.39 is 0 Å². The third-order valence-electron chi connectivity index (χ3n) is 6.18. The van der Waals surface area contributed by atoms with E-state index in [4.69, 9.17) is 19.6 Å². The molecule has 1 amide bonds. The van der Waals surface area contributed by atoms with E-state index in [2.05, 4.69) is 31.3 Å². The fourth-order valence-electron chi connectivity index (χ4n) is 4.42. The van der Waals surface area contributed by atoms with Crippen LogP contribution in [0.15, 0.2) is 48.5 Å². The number of fused-ring (bicyclic) bond motifs is 1. The Kier molecular flexibility index (Phi) is 7.88. The number of aromatic nitrogens is 3. The fraction of sp³-hybridized carbons (Fsp3) is 0.345. The van der Waals surface area contributed by atoms with Crippen LogP contribution in [-0.2, 0) is 17.8 Å². The largest absolute Gasteiger partial charge is 0.494 e. The molecule has 0 fully saturated rings. The maximum Gasteiger partial charge on any atom is 0.220 e. The van der Waals surface area contributed by atoms with Crippen LogP contribution in [0, 0.1) is 20.8 Å². The number of amides is 1. The summed E-state index contributed by atoms with van der Waals surface area (Å²) in [6.07, 6.45) is 0.879. The minimum absolute atomic E-state index is 0.0157. The van der Waals surface area contributed by atoms with Gasteiger partial charge in [0.2, 0.25) is 11.8 Å². The molecule has 0 aliphatic heterocycles. The molecule has 36 heavy (non-hydrogen) atoms. The van der Waals surface area contributed by atoms with Gasteiger partial charge >= 0.3 is 0 Å². The average Bonchev–Trinajstić information content (AvgIpc) is 3.20. The van der Waals surface area contributed by atoms with Gasteiger partial charge in [-0.25, -0.2) is 4.68 Å². The van der Waals surface area contributed by atoms with Crippen LogP contribution < -0.4 is 14.8 Å². The summed E-state index contributed by atoms with van der Waals surface area (Å²) in [5.74, 6) is 1.38. The summed E-state index contributed by atoms with van der Waals surface area (Å²) < 4.78 is 13.3. The van der Waals surface area contributed by atoms with Crippen molar-refractivity contribution in [3.05, 3.63) is 76.5 Å². The van der Waals surface area contributed by atoms with Gasteiger partial charge in [0.25, 0.3) is 0 Å². The summed E-state index contributed by atoms with van der Waals surface area (Å²) in [7, 11) is 0. The van der Waals surface area contributed by atoms with Gasteiger partial charge in [0.05, 0.1) is 24.6 Å². The Balaban J connectivity index is 1.54. The summed E-state index contributed by atoms with van der Waals surface area (Å²) in [5, 5.41) is 8.81. The van der Waals surface area contributed by atoms with Crippen molar-refractivity contribution >= 4 is 16.9 Å². The molecule has 7 heteroatoms. The summed E-state index contributed by atoms with van der Waals surface area (Å²) in [6.45, 7) is 11.6. The van der Waals surface area contributed by atoms with Gasteiger partial charge in [-0.05, 0) is 82.0 Å². The van der Waals surface area contributed by atoms with Gasteiger partial charge in [-0.3, -0.25) is 4.79 Å². The molecule has 2 aromatic carbocycles. The molecule has 0 aliphatic carbocycles. The van der Waals surface area contributed by atoms with Crippen LogP contribution in [0.2, 0.25) is 0 Å². The second-order valence-corrected chi connectivity index (χ2v) is 8.84. The number of nitrogens with zero attached hydrogens (tertiary/aromatic N) is 3. The summed E-state index contributed by atoms with van der Waals surface area (Å²) >= 11 is 0. The highest BCUT2D eigenvalue weighted by atomic mass is 16.5. The van der Waals surface area contributed by atoms with Gasteiger partial charge in [0.1, 0.15) is 5.75 Å². The Bertz CT molecular complexity index is 1360. The molecule has 2 aromatic heterocycles. The first-order chi connectivity index (χ1) is 17.4. The minimum Gasteiger partial charge on any atom is -0.494 e. The number of ether oxygens (including phenoxy) is 2. The standard InChI is InChI=1S/C29H34N4O3/c1-6-35-24-13-11-22(12-14-24)18-30-26(34)16-15-25-20(4)27-21(5)32-33(23-10-8-9-19(3)17-23)28(27)31-29(25)36-7-2/h8-14,17H,6-7,15-16,18H2,1-5H3,(H,30,34). The first-order valence-corrected chi connectivity index (χ1v) is 12.5. The van der Waals surface area contributed by atoms with E-state index in [1.54, 1.807) is 0 Å². The number of nitrogens with one attached hydrogen (secondary N) is 1. The molecule has 0 spiro atoms. The van der Waals surface area contributed by atoms with E-state index in [9.17, 15) is 4.79 Å². The highest BCUT2D eigenvalue weighted by Gasteiger charge is 2.20. The van der Waals surface area contributed by atoms with Crippen molar-refractivity contribution in [2.75, 3.05) is 13.2 Å². The number of carbonyl (C=O) groups excluding carboxylic acids is 1. The lowest BCUT2D eigenvalue weighted by Crippen LogP contribution is -2.23. The van der Waals surface area contributed by atoms with Crippen molar-refractivity contribution in [2.45, 2.75) is 54.0 Å². The van der Waals surface area contributed by atoms with Gasteiger partial charge in [-0.1, -0.05) is 24.3 Å². The van der Waals surface area contributed by atoms with Crippen LogP contribution in [0.1, 0.15) is 48.2 Å². The van der Waals surface area contributed by atoms with Gasteiger partial charge in [-0.15, -0.1) is 0 Å². The lowest BCUT2D eigenvalue weighted by atomic mass is 10.0. The highest BCUT2D eigenvalue weighted by Crippen LogP contribution is 2.32. The van der Waals surface area contributed by atoms with E-state index in [-0.39, 0.29) is 5.91 Å². The smallest absolute Gasteiger partial charge is 0.220 e. The van der Waals surface area contributed by atoms with E-state index in [1.807, 2.05) is 61.9 Å². The molecule has 0 unspecified atom stereocenters. The van der Waals surface area contributed by atoms with Crippen LogP contribution in [-0.4, -0.2) is 33.9 Å². The first kappa shape index (κ1) is 25.2. The van der Waals surface area contributed by atoms with Crippen molar-refractivity contribution in [3.63, 3.8) is 0 Å². The van der Waals surface area contributed by atoms with Gasteiger partial charge in [-0.2, -0.15) is 10.1 Å². The molecule has 0 radical (unpaired) electrons. The van der Waals surface area contributed by atoms with Crippen LogP contribution in [0.25, 0.3) is 16.7 Å². The van der Waals surface area contributed by atoms with E-state index in [0.29, 0.717) is 38.5 Å². The summed E-state index contributed by atoms with van der Waals surface area (Å²) in [6, 6.07) is 16.0. The van der Waals surface area contributed by atoms with Crippen molar-refractivity contribution in [2.24, 2.45) is 0 Å². The highest BCUT2D eigenvalue weighted by molar-refractivity contribution is 5.86. The number of hydrogen-bond acceptors (Lipinski definition) is 5. The van der Waals surface area contributed by atoms with Crippen LogP contribution in [0.3, 0.4) is 0 Å². The molecule has 0 atom stereocenters. The molecule has 2 heterocycles. The number of pyridine rings is 1. The van der Waals surface area contributed by atoms with Crippen LogP contribution in [0.4, 0.5) is 0 Å². The van der Waals surface area contributed by atoms with Gasteiger partial charge in [0, 0.05) is 23.9 Å². The Morgan fingerprint density at radius 3 is 2.44 bits per heavy atom. The number of carbonyl (C=O) groups is 1. The zero-order valence-electron chi connectivity index (χ0n) is 21.7. The molecule has 0 saturated carbocycles. The van der Waals surface area contributed by atoms with Crippen molar-refractivity contribution in [1.29, 1.82) is 0 Å². The maximum atomic E-state index is 12.7. The molecule has 0 saturated heterocycles. The zero-order valence-corrected chi connectivity index (χ0v) is 21.7. The third-order valence-corrected chi connectivity index (χ3v) is 6.18. The maximum absolute atomic E-state index is 12.7. The Labute approximate surface area is 212 Å². The molecule has 4 aromatic rings. The van der Waals surface area contributed by atoms with E-state index >= 15 is 0 Å². The number of aryl methyl sites for hydroxylation is 3. The topological polar surface area (TPSA) is 78.3 Å². The van der Waals surface area contributed by atoms with Crippen molar-refractivity contribution in [3.8, 4) is 17.3 Å². The third kappa shape index (κ3) is 5.51.